The number of anilines is 1. The van der Waals surface area contributed by atoms with E-state index >= 15 is 0 Å². The Morgan fingerprint density at radius 2 is 2.26 bits per heavy atom. The summed E-state index contributed by atoms with van der Waals surface area (Å²) < 4.78 is 0. The fourth-order valence-electron chi connectivity index (χ4n) is 2.14. The molecule has 3 nitrogen and oxygen atoms in total. The maximum atomic E-state index is 10.5. The Bertz CT molecular complexity index is 549. The second-order valence-electron chi connectivity index (χ2n) is 4.64. The van der Waals surface area contributed by atoms with Gasteiger partial charge in [-0.1, -0.05) is 29.3 Å². The van der Waals surface area contributed by atoms with Crippen LogP contribution in [0.25, 0.3) is 6.08 Å². The molecule has 1 N–H and O–H groups in total. The summed E-state index contributed by atoms with van der Waals surface area (Å²) in [4.78, 5) is 12.8. The summed E-state index contributed by atoms with van der Waals surface area (Å²) >= 11 is 6.18. The van der Waals surface area contributed by atoms with E-state index in [2.05, 4.69) is 17.9 Å². The molecule has 0 saturated heterocycles. The number of rotatable bonds is 3. The minimum atomic E-state index is -0.975. The first-order chi connectivity index (χ1) is 9.06. The minimum Gasteiger partial charge on any atom is -0.478 e. The largest absolute Gasteiger partial charge is 0.478 e. The average molecular weight is 278 g/mol. The lowest BCUT2D eigenvalue weighted by Crippen LogP contribution is -2.28. The van der Waals surface area contributed by atoms with Crippen LogP contribution in [-0.4, -0.2) is 24.2 Å². The van der Waals surface area contributed by atoms with Gasteiger partial charge in [0, 0.05) is 29.9 Å². The predicted molar refractivity (Wildman–Crippen MR) is 78.7 cm³/mol. The quantitative estimate of drug-likeness (QED) is 0.678. The topological polar surface area (TPSA) is 40.5 Å². The number of carboxylic acids is 1. The Morgan fingerprint density at radius 3 is 2.89 bits per heavy atom. The van der Waals surface area contributed by atoms with E-state index in [1.54, 1.807) is 0 Å². The molecular formula is C15H16ClNO2. The van der Waals surface area contributed by atoms with Crippen LogP contribution in [0.15, 0.2) is 35.9 Å². The van der Waals surface area contributed by atoms with Gasteiger partial charge < -0.3 is 10.0 Å². The lowest BCUT2D eigenvalue weighted by Gasteiger charge is -2.28. The van der Waals surface area contributed by atoms with Gasteiger partial charge in [-0.3, -0.25) is 0 Å². The third-order valence-electron chi connectivity index (χ3n) is 3.09. The standard InChI is InChI=1S/C15H16ClNO2/c1-11-3-2-8-17(10-11)13-6-4-12(14(16)9-13)5-7-15(18)19/h3-7,9H,2,8,10H2,1H3,(H,18,19)/b7-5+. The zero-order valence-corrected chi connectivity index (χ0v) is 11.5. The molecule has 19 heavy (non-hydrogen) atoms. The van der Waals surface area contributed by atoms with Gasteiger partial charge in [-0.25, -0.2) is 4.79 Å². The van der Waals surface area contributed by atoms with Crippen molar-refractivity contribution in [3.8, 4) is 0 Å². The highest BCUT2D eigenvalue weighted by Crippen LogP contribution is 2.26. The molecule has 0 fully saturated rings. The molecule has 0 radical (unpaired) electrons. The third-order valence-corrected chi connectivity index (χ3v) is 3.41. The van der Waals surface area contributed by atoms with Crippen molar-refractivity contribution in [2.75, 3.05) is 18.0 Å². The Hall–Kier alpha value is -1.74. The van der Waals surface area contributed by atoms with Crippen molar-refractivity contribution in [1.29, 1.82) is 0 Å². The van der Waals surface area contributed by atoms with Gasteiger partial charge in [-0.05, 0) is 37.1 Å². The summed E-state index contributed by atoms with van der Waals surface area (Å²) in [5.41, 5.74) is 3.15. The van der Waals surface area contributed by atoms with E-state index in [4.69, 9.17) is 16.7 Å². The van der Waals surface area contributed by atoms with Crippen molar-refractivity contribution in [3.63, 3.8) is 0 Å². The molecule has 1 heterocycles. The van der Waals surface area contributed by atoms with E-state index in [1.807, 2.05) is 18.2 Å². The summed E-state index contributed by atoms with van der Waals surface area (Å²) in [5.74, 6) is -0.975. The normalized spacial score (nSPS) is 15.7. The van der Waals surface area contributed by atoms with Gasteiger partial charge in [0.15, 0.2) is 0 Å². The number of hydrogen-bond donors (Lipinski definition) is 1. The molecule has 0 bridgehead atoms. The van der Waals surface area contributed by atoms with Gasteiger partial charge in [0.25, 0.3) is 0 Å². The number of benzene rings is 1. The SMILES string of the molecule is CC1=CCCN(c2ccc(/C=C/C(=O)O)c(Cl)c2)C1. The highest BCUT2D eigenvalue weighted by molar-refractivity contribution is 6.32. The first-order valence-corrected chi connectivity index (χ1v) is 6.55. The van der Waals surface area contributed by atoms with Gasteiger partial charge in [0.1, 0.15) is 0 Å². The second-order valence-corrected chi connectivity index (χ2v) is 5.05. The molecule has 0 spiro atoms. The van der Waals surface area contributed by atoms with E-state index in [0.717, 1.165) is 36.8 Å². The van der Waals surface area contributed by atoms with Crippen molar-refractivity contribution in [1.82, 2.24) is 0 Å². The molecule has 100 valence electrons. The van der Waals surface area contributed by atoms with E-state index in [0.29, 0.717) is 5.02 Å². The maximum Gasteiger partial charge on any atom is 0.328 e. The zero-order valence-electron chi connectivity index (χ0n) is 10.8. The lowest BCUT2D eigenvalue weighted by atomic mass is 10.1. The monoisotopic (exact) mass is 277 g/mol. The summed E-state index contributed by atoms with van der Waals surface area (Å²) in [6.45, 7) is 4.02. The van der Waals surface area contributed by atoms with Gasteiger partial charge >= 0.3 is 5.97 Å². The van der Waals surface area contributed by atoms with Gasteiger partial charge in [-0.2, -0.15) is 0 Å². The Labute approximate surface area is 117 Å². The summed E-state index contributed by atoms with van der Waals surface area (Å²) in [7, 11) is 0. The summed E-state index contributed by atoms with van der Waals surface area (Å²) in [5, 5.41) is 9.18. The first-order valence-electron chi connectivity index (χ1n) is 6.17. The molecular weight excluding hydrogens is 262 g/mol. The molecule has 0 saturated carbocycles. The summed E-state index contributed by atoms with van der Waals surface area (Å²) in [6, 6.07) is 5.72. The highest BCUT2D eigenvalue weighted by Gasteiger charge is 2.11. The Kier molecular flexibility index (Phi) is 4.27. The van der Waals surface area contributed by atoms with Crippen molar-refractivity contribution in [2.45, 2.75) is 13.3 Å². The molecule has 4 heteroatoms. The molecule has 0 unspecified atom stereocenters. The maximum absolute atomic E-state index is 10.5. The van der Waals surface area contributed by atoms with Crippen molar-refractivity contribution in [2.24, 2.45) is 0 Å². The van der Waals surface area contributed by atoms with Crippen LogP contribution in [-0.2, 0) is 4.79 Å². The first kappa shape index (κ1) is 13.7. The molecule has 0 aliphatic carbocycles. The number of carbonyl (C=O) groups is 1. The molecule has 0 aromatic heterocycles. The third kappa shape index (κ3) is 3.61. The number of halogens is 1. The van der Waals surface area contributed by atoms with Crippen LogP contribution in [0.5, 0.6) is 0 Å². The van der Waals surface area contributed by atoms with Gasteiger partial charge in [0.2, 0.25) is 0 Å². The van der Waals surface area contributed by atoms with Crippen LogP contribution in [0.2, 0.25) is 5.02 Å². The van der Waals surface area contributed by atoms with E-state index < -0.39 is 5.97 Å². The molecule has 1 aliphatic rings. The lowest BCUT2D eigenvalue weighted by molar-refractivity contribution is -0.131. The van der Waals surface area contributed by atoms with Gasteiger partial charge in [0.05, 0.1) is 0 Å². The van der Waals surface area contributed by atoms with Crippen LogP contribution in [0, 0.1) is 0 Å². The van der Waals surface area contributed by atoms with Crippen LogP contribution < -0.4 is 4.90 Å². The van der Waals surface area contributed by atoms with Crippen molar-refractivity contribution in [3.05, 3.63) is 46.5 Å². The van der Waals surface area contributed by atoms with Crippen LogP contribution >= 0.6 is 11.6 Å². The molecule has 0 atom stereocenters. The molecule has 1 aromatic rings. The Morgan fingerprint density at radius 1 is 1.47 bits per heavy atom. The molecule has 0 amide bonds. The number of hydrogen-bond acceptors (Lipinski definition) is 2. The fourth-order valence-corrected chi connectivity index (χ4v) is 2.38. The number of nitrogens with zero attached hydrogens (tertiary/aromatic N) is 1. The number of carboxylic acid groups (broad SMARTS) is 1. The molecule has 2 rings (SSSR count). The Balaban J connectivity index is 2.19. The summed E-state index contributed by atoms with van der Waals surface area (Å²) in [6.07, 6.45) is 5.90. The van der Waals surface area contributed by atoms with Crippen molar-refractivity contribution < 1.29 is 9.90 Å². The minimum absolute atomic E-state index is 0.571. The van der Waals surface area contributed by atoms with Crippen LogP contribution in [0.4, 0.5) is 5.69 Å². The fraction of sp³-hybridized carbons (Fsp3) is 0.267. The van der Waals surface area contributed by atoms with E-state index in [-0.39, 0.29) is 0 Å². The molecule has 1 aromatic carbocycles. The van der Waals surface area contributed by atoms with Crippen molar-refractivity contribution >= 4 is 29.3 Å². The van der Waals surface area contributed by atoms with Crippen LogP contribution in [0.3, 0.4) is 0 Å². The average Bonchev–Trinajstić information content (AvgIpc) is 2.37. The van der Waals surface area contributed by atoms with Crippen LogP contribution in [0.1, 0.15) is 18.9 Å². The zero-order chi connectivity index (χ0) is 13.8. The highest BCUT2D eigenvalue weighted by atomic mass is 35.5. The van der Waals surface area contributed by atoms with E-state index in [1.165, 1.54) is 11.6 Å². The predicted octanol–water partition coefficient (Wildman–Crippen LogP) is 3.59. The second kappa shape index (κ2) is 5.93. The smallest absolute Gasteiger partial charge is 0.328 e. The number of aliphatic carboxylic acids is 1. The van der Waals surface area contributed by atoms with E-state index in [9.17, 15) is 4.79 Å². The van der Waals surface area contributed by atoms with Gasteiger partial charge in [-0.15, -0.1) is 0 Å². The molecule has 1 aliphatic heterocycles.